The summed E-state index contributed by atoms with van der Waals surface area (Å²) >= 11 is 3.36. The van der Waals surface area contributed by atoms with E-state index < -0.39 is 0 Å². The SMILES string of the molecule is C/C(C=O)=C(\Br)c1ccccc1. The van der Waals surface area contributed by atoms with Gasteiger partial charge in [0.2, 0.25) is 0 Å². The highest BCUT2D eigenvalue weighted by atomic mass is 79.9. The Balaban J connectivity index is 3.08. The molecule has 1 rings (SSSR count). The summed E-state index contributed by atoms with van der Waals surface area (Å²) in [6.07, 6.45) is 0.844. The smallest absolute Gasteiger partial charge is 0.146 e. The van der Waals surface area contributed by atoms with Crippen LogP contribution in [-0.4, -0.2) is 6.29 Å². The molecule has 12 heavy (non-hydrogen) atoms. The monoisotopic (exact) mass is 224 g/mol. The number of hydrogen-bond acceptors (Lipinski definition) is 1. The summed E-state index contributed by atoms with van der Waals surface area (Å²) in [5.41, 5.74) is 1.74. The lowest BCUT2D eigenvalue weighted by atomic mass is 10.1. The van der Waals surface area contributed by atoms with Gasteiger partial charge < -0.3 is 0 Å². The summed E-state index contributed by atoms with van der Waals surface area (Å²) in [7, 11) is 0. The predicted molar refractivity (Wildman–Crippen MR) is 54.0 cm³/mol. The van der Waals surface area contributed by atoms with Crippen LogP contribution in [-0.2, 0) is 4.79 Å². The van der Waals surface area contributed by atoms with Crippen LogP contribution >= 0.6 is 15.9 Å². The quantitative estimate of drug-likeness (QED) is 0.558. The fraction of sp³-hybridized carbons (Fsp3) is 0.100. The van der Waals surface area contributed by atoms with E-state index in [4.69, 9.17) is 0 Å². The molecule has 1 aromatic carbocycles. The highest BCUT2D eigenvalue weighted by Gasteiger charge is 1.99. The molecule has 0 N–H and O–H groups in total. The van der Waals surface area contributed by atoms with E-state index in [-0.39, 0.29) is 0 Å². The molecule has 0 saturated heterocycles. The molecule has 1 nitrogen and oxygen atoms in total. The first-order valence-electron chi connectivity index (χ1n) is 3.62. The molecule has 0 spiro atoms. The van der Waals surface area contributed by atoms with Crippen LogP contribution in [0.2, 0.25) is 0 Å². The summed E-state index contributed by atoms with van der Waals surface area (Å²) in [4.78, 5) is 10.4. The molecule has 0 aliphatic rings. The van der Waals surface area contributed by atoms with E-state index in [0.29, 0.717) is 5.57 Å². The molecular weight excluding hydrogens is 216 g/mol. The lowest BCUT2D eigenvalue weighted by molar-refractivity contribution is -0.104. The van der Waals surface area contributed by atoms with Gasteiger partial charge in [0.25, 0.3) is 0 Å². The standard InChI is InChI=1S/C10H9BrO/c1-8(7-12)10(11)9-5-3-2-4-6-9/h2-7H,1H3/b10-8+. The van der Waals surface area contributed by atoms with Crippen molar-refractivity contribution in [3.63, 3.8) is 0 Å². The van der Waals surface area contributed by atoms with Gasteiger partial charge in [0.1, 0.15) is 6.29 Å². The average molecular weight is 225 g/mol. The maximum absolute atomic E-state index is 10.4. The van der Waals surface area contributed by atoms with Gasteiger partial charge in [-0.1, -0.05) is 30.3 Å². The van der Waals surface area contributed by atoms with Gasteiger partial charge in [-0.15, -0.1) is 0 Å². The summed E-state index contributed by atoms with van der Waals surface area (Å²) < 4.78 is 0.859. The first-order chi connectivity index (χ1) is 5.75. The van der Waals surface area contributed by atoms with Crippen molar-refractivity contribution in [2.75, 3.05) is 0 Å². The molecule has 0 amide bonds. The van der Waals surface area contributed by atoms with Crippen LogP contribution in [0.25, 0.3) is 4.48 Å². The number of carbonyl (C=O) groups excluding carboxylic acids is 1. The van der Waals surface area contributed by atoms with Crippen molar-refractivity contribution in [3.8, 4) is 0 Å². The molecule has 0 atom stereocenters. The Bertz CT molecular complexity index is 301. The number of hydrogen-bond donors (Lipinski definition) is 0. The minimum atomic E-state index is 0.709. The van der Waals surface area contributed by atoms with E-state index in [9.17, 15) is 4.79 Å². The second-order valence-electron chi connectivity index (χ2n) is 2.48. The Morgan fingerprint density at radius 3 is 2.42 bits per heavy atom. The normalized spacial score (nSPS) is 12.2. The Labute approximate surface area is 80.2 Å². The number of benzene rings is 1. The summed E-state index contributed by atoms with van der Waals surface area (Å²) in [5.74, 6) is 0. The predicted octanol–water partition coefficient (Wildman–Crippen LogP) is 3.01. The van der Waals surface area contributed by atoms with Gasteiger partial charge in [-0.05, 0) is 28.4 Å². The first kappa shape index (κ1) is 9.20. The van der Waals surface area contributed by atoms with Crippen molar-refractivity contribution in [2.45, 2.75) is 6.92 Å². The van der Waals surface area contributed by atoms with Crippen LogP contribution in [0.5, 0.6) is 0 Å². The zero-order valence-corrected chi connectivity index (χ0v) is 8.34. The Morgan fingerprint density at radius 1 is 1.33 bits per heavy atom. The third kappa shape index (κ3) is 2.05. The zero-order valence-electron chi connectivity index (χ0n) is 6.75. The number of halogens is 1. The molecule has 0 heterocycles. The molecular formula is C10H9BrO. The molecule has 0 saturated carbocycles. The lowest BCUT2D eigenvalue weighted by Gasteiger charge is -1.99. The fourth-order valence-corrected chi connectivity index (χ4v) is 1.22. The molecule has 0 unspecified atom stereocenters. The van der Waals surface area contributed by atoms with E-state index in [0.717, 1.165) is 16.3 Å². The zero-order chi connectivity index (χ0) is 8.97. The van der Waals surface area contributed by atoms with Crippen LogP contribution in [0.3, 0.4) is 0 Å². The second-order valence-corrected chi connectivity index (χ2v) is 3.27. The van der Waals surface area contributed by atoms with E-state index in [1.807, 2.05) is 30.3 Å². The van der Waals surface area contributed by atoms with Crippen LogP contribution < -0.4 is 0 Å². The molecule has 0 aliphatic heterocycles. The van der Waals surface area contributed by atoms with E-state index >= 15 is 0 Å². The van der Waals surface area contributed by atoms with Crippen molar-refractivity contribution >= 4 is 26.7 Å². The van der Waals surface area contributed by atoms with Crippen molar-refractivity contribution in [1.82, 2.24) is 0 Å². The maximum atomic E-state index is 10.4. The molecule has 62 valence electrons. The number of rotatable bonds is 2. The average Bonchev–Trinajstić information content (AvgIpc) is 2.17. The summed E-state index contributed by atoms with van der Waals surface area (Å²) in [5, 5.41) is 0. The van der Waals surface area contributed by atoms with Crippen LogP contribution in [0, 0.1) is 0 Å². The van der Waals surface area contributed by atoms with Gasteiger partial charge in [-0.2, -0.15) is 0 Å². The minimum absolute atomic E-state index is 0.709. The molecule has 0 fully saturated rings. The molecule has 0 radical (unpaired) electrons. The number of aldehydes is 1. The first-order valence-corrected chi connectivity index (χ1v) is 4.42. The third-order valence-electron chi connectivity index (χ3n) is 1.55. The van der Waals surface area contributed by atoms with Gasteiger partial charge in [0, 0.05) is 10.1 Å². The van der Waals surface area contributed by atoms with Gasteiger partial charge >= 0.3 is 0 Å². The Morgan fingerprint density at radius 2 is 1.92 bits per heavy atom. The van der Waals surface area contributed by atoms with Crippen LogP contribution in [0.4, 0.5) is 0 Å². The Hall–Kier alpha value is -0.890. The maximum Gasteiger partial charge on any atom is 0.146 e. The minimum Gasteiger partial charge on any atom is -0.298 e. The number of carbonyl (C=O) groups is 1. The topological polar surface area (TPSA) is 17.1 Å². The highest BCUT2D eigenvalue weighted by Crippen LogP contribution is 2.23. The largest absolute Gasteiger partial charge is 0.298 e. The van der Waals surface area contributed by atoms with E-state index in [2.05, 4.69) is 15.9 Å². The van der Waals surface area contributed by atoms with Crippen LogP contribution in [0.15, 0.2) is 35.9 Å². The van der Waals surface area contributed by atoms with Gasteiger partial charge in [-0.3, -0.25) is 4.79 Å². The van der Waals surface area contributed by atoms with E-state index in [1.165, 1.54) is 0 Å². The Kier molecular flexibility index (Phi) is 3.23. The van der Waals surface area contributed by atoms with Crippen LogP contribution in [0.1, 0.15) is 12.5 Å². The molecule has 0 aromatic heterocycles. The summed E-state index contributed by atoms with van der Waals surface area (Å²) in [6, 6.07) is 9.73. The number of allylic oxidation sites excluding steroid dienone is 1. The third-order valence-corrected chi connectivity index (χ3v) is 2.63. The molecule has 0 aliphatic carbocycles. The lowest BCUT2D eigenvalue weighted by Crippen LogP contribution is -1.82. The molecule has 2 heteroatoms. The van der Waals surface area contributed by atoms with Gasteiger partial charge in [0.15, 0.2) is 0 Å². The van der Waals surface area contributed by atoms with Crippen molar-refractivity contribution < 1.29 is 4.79 Å². The van der Waals surface area contributed by atoms with Gasteiger partial charge in [-0.25, -0.2) is 0 Å². The molecule has 1 aromatic rings. The fourth-order valence-electron chi connectivity index (χ4n) is 0.864. The highest BCUT2D eigenvalue weighted by molar-refractivity contribution is 9.15. The van der Waals surface area contributed by atoms with Crippen molar-refractivity contribution in [3.05, 3.63) is 41.5 Å². The summed E-state index contributed by atoms with van der Waals surface area (Å²) in [6.45, 7) is 1.78. The second kappa shape index (κ2) is 4.21. The van der Waals surface area contributed by atoms with Crippen molar-refractivity contribution in [1.29, 1.82) is 0 Å². The van der Waals surface area contributed by atoms with E-state index in [1.54, 1.807) is 6.92 Å². The van der Waals surface area contributed by atoms with Crippen molar-refractivity contribution in [2.24, 2.45) is 0 Å². The van der Waals surface area contributed by atoms with Gasteiger partial charge in [0.05, 0.1) is 0 Å². The molecule has 0 bridgehead atoms.